The van der Waals surface area contributed by atoms with E-state index >= 15 is 0 Å². The van der Waals surface area contributed by atoms with Crippen molar-refractivity contribution in [1.82, 2.24) is 14.4 Å². The zero-order valence-electron chi connectivity index (χ0n) is 22.7. The average Bonchev–Trinajstić information content (AvgIpc) is 3.34. The van der Waals surface area contributed by atoms with Crippen molar-refractivity contribution < 1.29 is 23.5 Å². The van der Waals surface area contributed by atoms with Gasteiger partial charge in [-0.15, -0.1) is 0 Å². The molecule has 0 aliphatic carbocycles. The summed E-state index contributed by atoms with van der Waals surface area (Å²) >= 11 is 0. The van der Waals surface area contributed by atoms with Crippen molar-refractivity contribution in [1.29, 1.82) is 0 Å². The fraction of sp³-hybridized carbons (Fsp3) is 0.484. The van der Waals surface area contributed by atoms with Crippen LogP contribution in [0.2, 0.25) is 0 Å². The van der Waals surface area contributed by atoms with Gasteiger partial charge in [-0.25, -0.2) is 4.39 Å². The first kappa shape index (κ1) is 27.2. The molecule has 0 N–H and O–H groups in total. The van der Waals surface area contributed by atoms with E-state index in [-0.39, 0.29) is 30.7 Å². The van der Waals surface area contributed by atoms with Gasteiger partial charge in [0.25, 0.3) is 5.91 Å². The minimum Gasteiger partial charge on any atom is -0.491 e. The number of unbranched alkanes of at least 4 members (excludes halogenated alkanes) is 1. The minimum absolute atomic E-state index is 0.0561. The summed E-state index contributed by atoms with van der Waals surface area (Å²) in [5, 5.41) is 0.882. The van der Waals surface area contributed by atoms with Gasteiger partial charge >= 0.3 is 0 Å². The molecule has 39 heavy (non-hydrogen) atoms. The van der Waals surface area contributed by atoms with Crippen molar-refractivity contribution >= 4 is 22.7 Å². The van der Waals surface area contributed by atoms with E-state index in [1.807, 2.05) is 35.4 Å². The number of halogens is 1. The van der Waals surface area contributed by atoms with Crippen molar-refractivity contribution in [3.63, 3.8) is 0 Å². The highest BCUT2D eigenvalue weighted by molar-refractivity contribution is 5.88. The molecule has 1 aromatic heterocycles. The Kier molecular flexibility index (Phi) is 8.50. The third-order valence-electron chi connectivity index (χ3n) is 7.91. The summed E-state index contributed by atoms with van der Waals surface area (Å²) in [4.78, 5) is 31.3. The van der Waals surface area contributed by atoms with Crippen LogP contribution in [0, 0.1) is 5.82 Å². The monoisotopic (exact) mass is 535 g/mol. The molecule has 1 atom stereocenters. The molecule has 3 heterocycles. The van der Waals surface area contributed by atoms with Gasteiger partial charge in [0.15, 0.2) is 5.60 Å². The van der Waals surface area contributed by atoms with E-state index in [4.69, 9.17) is 9.47 Å². The molecule has 2 aromatic carbocycles. The molecule has 0 bridgehead atoms. The Morgan fingerprint density at radius 1 is 1.08 bits per heavy atom. The van der Waals surface area contributed by atoms with Crippen LogP contribution in [0.3, 0.4) is 0 Å². The maximum atomic E-state index is 14.1. The molecule has 1 fully saturated rings. The molecule has 1 spiro atoms. The highest BCUT2D eigenvalue weighted by Crippen LogP contribution is 2.30. The molecular formula is C31H38FN3O4. The summed E-state index contributed by atoms with van der Waals surface area (Å²) in [5.74, 6) is 0.395. The van der Waals surface area contributed by atoms with Gasteiger partial charge in [0.05, 0.1) is 25.2 Å². The van der Waals surface area contributed by atoms with Crippen molar-refractivity contribution in [2.75, 3.05) is 39.4 Å². The van der Waals surface area contributed by atoms with Crippen LogP contribution in [0.15, 0.2) is 54.7 Å². The smallest absolute Gasteiger partial charge is 0.256 e. The number of morpholine rings is 1. The molecule has 8 heteroatoms. The molecule has 0 saturated carbocycles. The normalized spacial score (nSPS) is 20.8. The lowest BCUT2D eigenvalue weighted by atomic mass is 9.90. The largest absolute Gasteiger partial charge is 0.491 e. The van der Waals surface area contributed by atoms with Gasteiger partial charge in [0, 0.05) is 19.3 Å². The summed E-state index contributed by atoms with van der Waals surface area (Å²) in [6, 6.07) is 14.6. The van der Waals surface area contributed by atoms with E-state index in [0.29, 0.717) is 44.8 Å². The lowest BCUT2D eigenvalue weighted by Gasteiger charge is -2.44. The molecule has 7 nitrogen and oxygen atoms in total. The SMILES string of the molecule is CCCCN1CCOc2ccccc2CCCCC2(CN(C(=O)Cn3ccc4ccc(F)cc43)CCO2)C1=O. The fourth-order valence-electron chi connectivity index (χ4n) is 5.72. The number of para-hydroxylation sites is 1. The number of nitrogens with zero attached hydrogens (tertiary/aromatic N) is 3. The van der Waals surface area contributed by atoms with Crippen LogP contribution in [0.5, 0.6) is 5.75 Å². The highest BCUT2D eigenvalue weighted by Gasteiger charge is 2.46. The zero-order chi connectivity index (χ0) is 27.2. The van der Waals surface area contributed by atoms with Gasteiger partial charge < -0.3 is 23.8 Å². The van der Waals surface area contributed by atoms with Crippen LogP contribution in [-0.2, 0) is 27.3 Å². The van der Waals surface area contributed by atoms with Crippen molar-refractivity contribution in [3.05, 3.63) is 66.1 Å². The third kappa shape index (κ3) is 6.11. The maximum absolute atomic E-state index is 14.1. The Morgan fingerprint density at radius 2 is 1.95 bits per heavy atom. The number of carbonyl (C=O) groups excluding carboxylic acids is 2. The third-order valence-corrected chi connectivity index (χ3v) is 7.91. The Labute approximate surface area is 229 Å². The van der Waals surface area contributed by atoms with E-state index in [1.54, 1.807) is 15.5 Å². The van der Waals surface area contributed by atoms with E-state index in [0.717, 1.165) is 43.2 Å². The van der Waals surface area contributed by atoms with Gasteiger partial charge in [-0.2, -0.15) is 0 Å². The van der Waals surface area contributed by atoms with E-state index in [2.05, 4.69) is 13.0 Å². The van der Waals surface area contributed by atoms with Crippen LogP contribution in [0.4, 0.5) is 4.39 Å². The predicted molar refractivity (Wildman–Crippen MR) is 148 cm³/mol. The summed E-state index contributed by atoms with van der Waals surface area (Å²) in [7, 11) is 0. The number of hydrogen-bond acceptors (Lipinski definition) is 4. The number of carbonyl (C=O) groups is 2. The quantitative estimate of drug-likeness (QED) is 0.470. The number of aryl methyl sites for hydroxylation is 1. The van der Waals surface area contributed by atoms with Gasteiger partial charge in [0.2, 0.25) is 5.91 Å². The minimum atomic E-state index is -1.08. The van der Waals surface area contributed by atoms with E-state index in [1.165, 1.54) is 17.7 Å². The predicted octanol–water partition coefficient (Wildman–Crippen LogP) is 4.81. The van der Waals surface area contributed by atoms with Gasteiger partial charge in [-0.1, -0.05) is 31.5 Å². The van der Waals surface area contributed by atoms with Crippen LogP contribution in [0.25, 0.3) is 10.9 Å². The Morgan fingerprint density at radius 3 is 2.82 bits per heavy atom. The molecule has 0 radical (unpaired) electrons. The summed E-state index contributed by atoms with van der Waals surface area (Å²) in [6.45, 7) is 4.64. The van der Waals surface area contributed by atoms with Crippen LogP contribution < -0.4 is 4.74 Å². The van der Waals surface area contributed by atoms with Gasteiger partial charge in [-0.05, 0) is 73.4 Å². The first-order valence-electron chi connectivity index (χ1n) is 14.2. The summed E-state index contributed by atoms with van der Waals surface area (Å²) < 4.78 is 28.1. The molecule has 1 saturated heterocycles. The second-order valence-electron chi connectivity index (χ2n) is 10.6. The number of rotatable bonds is 5. The molecule has 3 aromatic rings. The standard InChI is InChI=1S/C31H38FN3O4/c1-2-3-15-33-17-19-38-28-10-5-4-8-25(28)9-6-7-14-31(30(33)37)23-35(18-20-39-31)29(36)22-34-16-13-24-11-12-26(32)21-27(24)34/h4-5,8,10-13,16,21H,2-3,6-7,9,14-15,17-20,22-23H2,1H3. The molecule has 2 amide bonds. The lowest BCUT2D eigenvalue weighted by Crippen LogP contribution is -2.62. The van der Waals surface area contributed by atoms with Crippen molar-refractivity contribution in [2.45, 2.75) is 57.6 Å². The summed E-state index contributed by atoms with van der Waals surface area (Å²) in [5.41, 5.74) is 0.778. The van der Waals surface area contributed by atoms with Crippen molar-refractivity contribution in [3.8, 4) is 5.75 Å². The van der Waals surface area contributed by atoms with E-state index < -0.39 is 5.60 Å². The zero-order valence-corrected chi connectivity index (χ0v) is 22.7. The second kappa shape index (κ2) is 12.2. The average molecular weight is 536 g/mol. The molecule has 5 rings (SSSR count). The molecule has 208 valence electrons. The van der Waals surface area contributed by atoms with E-state index in [9.17, 15) is 14.0 Å². The molecule has 2 aliphatic heterocycles. The van der Waals surface area contributed by atoms with Crippen LogP contribution in [0.1, 0.15) is 44.6 Å². The molecule has 1 unspecified atom stereocenters. The molecular weight excluding hydrogens is 497 g/mol. The number of fused-ring (bicyclic) bond motifs is 2. The van der Waals surface area contributed by atoms with Crippen molar-refractivity contribution in [2.24, 2.45) is 0 Å². The van der Waals surface area contributed by atoms with Gasteiger partial charge in [-0.3, -0.25) is 9.59 Å². The number of ether oxygens (including phenoxy) is 2. The maximum Gasteiger partial charge on any atom is 0.256 e. The first-order valence-corrected chi connectivity index (χ1v) is 14.2. The Hall–Kier alpha value is -3.39. The number of benzene rings is 2. The Balaban J connectivity index is 1.36. The fourth-order valence-corrected chi connectivity index (χ4v) is 5.72. The second-order valence-corrected chi connectivity index (χ2v) is 10.6. The number of hydrogen-bond donors (Lipinski definition) is 0. The lowest BCUT2D eigenvalue weighted by molar-refractivity contribution is -0.177. The highest BCUT2D eigenvalue weighted by atomic mass is 19.1. The molecule has 2 aliphatic rings. The number of aromatic nitrogens is 1. The Bertz CT molecular complexity index is 1310. The number of amides is 2. The van der Waals surface area contributed by atoms with Crippen LogP contribution >= 0.6 is 0 Å². The first-order chi connectivity index (χ1) is 19.0. The van der Waals surface area contributed by atoms with Crippen LogP contribution in [-0.4, -0.2) is 71.2 Å². The topological polar surface area (TPSA) is 64.0 Å². The summed E-state index contributed by atoms with van der Waals surface area (Å²) in [6.07, 6.45) is 6.77. The van der Waals surface area contributed by atoms with Gasteiger partial charge in [0.1, 0.15) is 24.7 Å².